The van der Waals surface area contributed by atoms with Crippen LogP contribution in [0.4, 0.5) is 16.3 Å². The molecule has 0 saturated heterocycles. The molecule has 28 heavy (non-hydrogen) atoms. The summed E-state index contributed by atoms with van der Waals surface area (Å²) >= 11 is 0. The molecule has 0 bridgehead atoms. The fraction of sp³-hybridized carbons (Fsp3) is 0.222. The molecule has 144 valence electrons. The van der Waals surface area contributed by atoms with E-state index in [2.05, 4.69) is 25.7 Å². The number of carbonyl (C=O) groups is 1. The lowest BCUT2D eigenvalue weighted by Crippen LogP contribution is -2.22. The van der Waals surface area contributed by atoms with E-state index in [1.54, 1.807) is 31.2 Å². The van der Waals surface area contributed by atoms with Gasteiger partial charge in [-0.1, -0.05) is 6.92 Å². The van der Waals surface area contributed by atoms with Crippen molar-refractivity contribution >= 4 is 17.5 Å². The van der Waals surface area contributed by atoms with Crippen LogP contribution in [0.25, 0.3) is 5.95 Å². The molecule has 0 saturated carbocycles. The smallest absolute Gasteiger partial charge is 0.324 e. The number of urea groups is 1. The average molecular weight is 382 g/mol. The van der Waals surface area contributed by atoms with Crippen LogP contribution in [-0.2, 0) is 6.42 Å². The first-order chi connectivity index (χ1) is 13.5. The maximum atomic E-state index is 12.4. The quantitative estimate of drug-likeness (QED) is 0.636. The van der Waals surface area contributed by atoms with Crippen LogP contribution in [0.1, 0.15) is 18.3 Å². The number of ether oxygens (including phenoxy) is 2. The molecular formula is C18H18N6O4. The van der Waals surface area contributed by atoms with E-state index in [1.165, 1.54) is 10.7 Å². The number of hydrogen-bond donors (Lipinski definition) is 3. The van der Waals surface area contributed by atoms with Gasteiger partial charge in [-0.15, -0.1) is 0 Å². The Morgan fingerprint density at radius 3 is 2.86 bits per heavy atom. The molecule has 0 atom stereocenters. The molecule has 3 heterocycles. The van der Waals surface area contributed by atoms with Gasteiger partial charge in [0.2, 0.25) is 12.7 Å². The average Bonchev–Trinajstić information content (AvgIpc) is 3.26. The van der Waals surface area contributed by atoms with Crippen molar-refractivity contribution in [1.29, 1.82) is 0 Å². The van der Waals surface area contributed by atoms with Crippen LogP contribution < -0.4 is 25.7 Å². The highest BCUT2D eigenvalue weighted by Crippen LogP contribution is 2.34. The molecule has 10 nitrogen and oxygen atoms in total. The molecule has 1 aromatic carbocycles. The van der Waals surface area contributed by atoms with Gasteiger partial charge in [-0.2, -0.15) is 9.78 Å². The van der Waals surface area contributed by atoms with Crippen molar-refractivity contribution in [1.82, 2.24) is 19.7 Å². The monoisotopic (exact) mass is 382 g/mol. The molecule has 4 rings (SSSR count). The Bertz CT molecular complexity index is 1100. The van der Waals surface area contributed by atoms with Crippen molar-refractivity contribution in [3.05, 3.63) is 52.1 Å². The normalized spacial score (nSPS) is 12.1. The van der Waals surface area contributed by atoms with Gasteiger partial charge in [0.05, 0.1) is 5.69 Å². The fourth-order valence-corrected chi connectivity index (χ4v) is 2.78. The number of amides is 2. The third-order valence-electron chi connectivity index (χ3n) is 4.05. The van der Waals surface area contributed by atoms with E-state index in [0.29, 0.717) is 40.8 Å². The molecule has 0 fully saturated rings. The highest BCUT2D eigenvalue weighted by molar-refractivity contribution is 5.99. The van der Waals surface area contributed by atoms with Gasteiger partial charge >= 0.3 is 6.03 Å². The standard InChI is InChI=1S/C18H18N6O4/c1-3-11-8-16(25)22-17(19-11)24-15(6-10(2)23-24)21-18(26)20-12-4-5-13-14(7-12)28-9-27-13/h4-8H,3,9H2,1-2H3,(H,19,22,25)(H2,20,21,26). The maximum absolute atomic E-state index is 12.4. The first kappa shape index (κ1) is 17.6. The Morgan fingerprint density at radius 2 is 2.04 bits per heavy atom. The van der Waals surface area contributed by atoms with Gasteiger partial charge in [0.1, 0.15) is 5.82 Å². The number of nitrogens with zero attached hydrogens (tertiary/aromatic N) is 3. The van der Waals surface area contributed by atoms with Crippen molar-refractivity contribution < 1.29 is 14.3 Å². The minimum atomic E-state index is -0.478. The first-order valence-electron chi connectivity index (χ1n) is 8.67. The van der Waals surface area contributed by atoms with Crippen molar-refractivity contribution in [2.24, 2.45) is 0 Å². The summed E-state index contributed by atoms with van der Waals surface area (Å²) in [6, 6.07) is 7.73. The van der Waals surface area contributed by atoms with Crippen LogP contribution in [0.15, 0.2) is 35.1 Å². The fourth-order valence-electron chi connectivity index (χ4n) is 2.78. The molecule has 1 aliphatic rings. The Labute approximate surface area is 159 Å². The summed E-state index contributed by atoms with van der Waals surface area (Å²) in [6.07, 6.45) is 0.602. The van der Waals surface area contributed by atoms with E-state index in [4.69, 9.17) is 9.47 Å². The predicted molar refractivity (Wildman–Crippen MR) is 101 cm³/mol. The van der Waals surface area contributed by atoms with E-state index in [-0.39, 0.29) is 18.3 Å². The van der Waals surface area contributed by atoms with Crippen molar-refractivity contribution in [3.8, 4) is 17.4 Å². The van der Waals surface area contributed by atoms with Crippen LogP contribution >= 0.6 is 0 Å². The highest BCUT2D eigenvalue weighted by Gasteiger charge is 2.16. The Hall–Kier alpha value is -3.82. The van der Waals surface area contributed by atoms with Crippen LogP contribution in [0, 0.1) is 6.92 Å². The van der Waals surface area contributed by atoms with Crippen LogP contribution in [0.3, 0.4) is 0 Å². The van der Waals surface area contributed by atoms with E-state index < -0.39 is 6.03 Å². The van der Waals surface area contributed by atoms with Gasteiger partial charge < -0.3 is 14.8 Å². The van der Waals surface area contributed by atoms with E-state index in [0.717, 1.165) is 0 Å². The lowest BCUT2D eigenvalue weighted by molar-refractivity contribution is 0.174. The number of benzene rings is 1. The lowest BCUT2D eigenvalue weighted by Gasteiger charge is -2.10. The zero-order valence-electron chi connectivity index (χ0n) is 15.3. The number of fused-ring (bicyclic) bond motifs is 1. The zero-order chi connectivity index (χ0) is 19.7. The molecule has 2 aromatic heterocycles. The zero-order valence-corrected chi connectivity index (χ0v) is 15.3. The van der Waals surface area contributed by atoms with Gasteiger partial charge in [-0.05, 0) is 25.5 Å². The predicted octanol–water partition coefficient (Wildman–Crippen LogP) is 2.20. The van der Waals surface area contributed by atoms with Gasteiger partial charge in [-0.25, -0.2) is 9.78 Å². The number of H-pyrrole nitrogens is 1. The second-order valence-electron chi connectivity index (χ2n) is 6.14. The van der Waals surface area contributed by atoms with E-state index >= 15 is 0 Å². The highest BCUT2D eigenvalue weighted by atomic mass is 16.7. The molecule has 0 aliphatic carbocycles. The number of carbonyl (C=O) groups excluding carboxylic acids is 1. The van der Waals surface area contributed by atoms with Gasteiger partial charge in [0.15, 0.2) is 11.5 Å². The number of nitrogens with one attached hydrogen (secondary N) is 3. The molecule has 1 aliphatic heterocycles. The summed E-state index contributed by atoms with van der Waals surface area (Å²) in [5.41, 5.74) is 1.54. The number of aryl methyl sites for hydroxylation is 2. The minimum absolute atomic E-state index is 0.158. The van der Waals surface area contributed by atoms with E-state index in [9.17, 15) is 9.59 Å². The van der Waals surface area contributed by atoms with Crippen LogP contribution in [0.2, 0.25) is 0 Å². The summed E-state index contributed by atoms with van der Waals surface area (Å²) in [4.78, 5) is 31.3. The summed E-state index contributed by atoms with van der Waals surface area (Å²) in [6.45, 7) is 3.84. The second-order valence-corrected chi connectivity index (χ2v) is 6.14. The Kier molecular flexibility index (Phi) is 4.44. The molecule has 2 amide bonds. The molecule has 0 spiro atoms. The Balaban J connectivity index is 1.56. The summed E-state index contributed by atoms with van der Waals surface area (Å²) in [7, 11) is 0. The maximum Gasteiger partial charge on any atom is 0.324 e. The van der Waals surface area contributed by atoms with Crippen molar-refractivity contribution in [2.75, 3.05) is 17.4 Å². The van der Waals surface area contributed by atoms with Gasteiger partial charge in [0, 0.05) is 29.6 Å². The molecule has 3 N–H and O–H groups in total. The molecule has 0 unspecified atom stereocenters. The third-order valence-corrected chi connectivity index (χ3v) is 4.05. The third kappa shape index (κ3) is 3.52. The minimum Gasteiger partial charge on any atom is -0.454 e. The molecule has 0 radical (unpaired) electrons. The summed E-state index contributed by atoms with van der Waals surface area (Å²) in [5.74, 6) is 1.80. The number of anilines is 2. The van der Waals surface area contributed by atoms with Crippen LogP contribution in [0.5, 0.6) is 11.5 Å². The largest absolute Gasteiger partial charge is 0.454 e. The Morgan fingerprint density at radius 1 is 1.21 bits per heavy atom. The second kappa shape index (κ2) is 7.06. The lowest BCUT2D eigenvalue weighted by atomic mass is 10.3. The summed E-state index contributed by atoms with van der Waals surface area (Å²) < 4.78 is 11.9. The number of aromatic nitrogens is 4. The van der Waals surface area contributed by atoms with E-state index in [1.807, 2.05) is 6.92 Å². The first-order valence-corrected chi connectivity index (χ1v) is 8.67. The molecule has 10 heteroatoms. The number of aromatic amines is 1. The van der Waals surface area contributed by atoms with Crippen LogP contribution in [-0.4, -0.2) is 32.6 Å². The topological polar surface area (TPSA) is 123 Å². The van der Waals surface area contributed by atoms with Crippen molar-refractivity contribution in [2.45, 2.75) is 20.3 Å². The van der Waals surface area contributed by atoms with Gasteiger partial charge in [-0.3, -0.25) is 15.1 Å². The number of hydrogen-bond acceptors (Lipinski definition) is 6. The summed E-state index contributed by atoms with van der Waals surface area (Å²) in [5, 5.41) is 9.75. The number of rotatable bonds is 4. The molecular weight excluding hydrogens is 364 g/mol. The SMILES string of the molecule is CCc1cc(=O)[nH]c(-n2nc(C)cc2NC(=O)Nc2ccc3c(c2)OCO3)n1. The molecule has 3 aromatic rings. The van der Waals surface area contributed by atoms with Gasteiger partial charge in [0.25, 0.3) is 5.56 Å². The van der Waals surface area contributed by atoms with Crippen molar-refractivity contribution in [3.63, 3.8) is 0 Å².